The van der Waals surface area contributed by atoms with Crippen molar-refractivity contribution in [3.05, 3.63) is 95.6 Å². The Morgan fingerprint density at radius 1 is 0.821 bits per heavy atom. The van der Waals surface area contributed by atoms with Gasteiger partial charge in [0.1, 0.15) is 11.5 Å². The second kappa shape index (κ2) is 8.98. The molecule has 3 aromatic rings. The highest BCUT2D eigenvalue weighted by Gasteiger charge is 2.26. The van der Waals surface area contributed by atoms with Crippen LogP contribution in [-0.2, 0) is 16.8 Å². The first kappa shape index (κ1) is 20.0. The predicted octanol–water partition coefficient (Wildman–Crippen LogP) is 6.64. The second-order valence-electron chi connectivity index (χ2n) is 7.10. The Bertz CT molecular complexity index is 911. The largest absolute Gasteiger partial charge is 0.457 e. The molecule has 0 amide bonds. The van der Waals surface area contributed by atoms with Crippen molar-refractivity contribution in [1.29, 1.82) is 0 Å². The van der Waals surface area contributed by atoms with Crippen LogP contribution in [0.3, 0.4) is 0 Å². The lowest BCUT2D eigenvalue weighted by Gasteiger charge is -2.29. The first-order valence-corrected chi connectivity index (χ1v) is 9.35. The molecule has 2 nitrogen and oxygen atoms in total. The van der Waals surface area contributed by atoms with Crippen molar-refractivity contribution >= 4 is 0 Å². The van der Waals surface area contributed by atoms with Crippen molar-refractivity contribution in [1.82, 2.24) is 0 Å². The zero-order valence-electron chi connectivity index (χ0n) is 16.1. The number of rotatable bonds is 8. The molecule has 146 valence electrons. The molecule has 3 aromatic carbocycles. The van der Waals surface area contributed by atoms with Crippen molar-refractivity contribution in [2.45, 2.75) is 32.3 Å². The zero-order chi connectivity index (χ0) is 20.0. The molecule has 0 heterocycles. The molecule has 0 fully saturated rings. The van der Waals surface area contributed by atoms with Crippen LogP contribution in [0.25, 0.3) is 0 Å². The Kier molecular flexibility index (Phi) is 6.42. The van der Waals surface area contributed by atoms with Gasteiger partial charge in [0.05, 0.1) is 13.2 Å². The number of hydrogen-bond donors (Lipinski definition) is 0. The highest BCUT2D eigenvalue weighted by atomic mass is 19.2. The highest BCUT2D eigenvalue weighted by Crippen LogP contribution is 2.30. The quantitative estimate of drug-likeness (QED) is 0.435. The molecule has 4 heteroatoms. The standard InChI is InChI=1S/C24H24F2O2/c1-3-24(2,19-12-13-22(25)23(26)15-19)17-27-16-18-8-7-11-21(14-18)28-20-9-5-4-6-10-20/h4-15H,3,16-17H2,1-2H3. The molecule has 0 saturated carbocycles. The predicted molar refractivity (Wildman–Crippen MR) is 107 cm³/mol. The lowest BCUT2D eigenvalue weighted by molar-refractivity contribution is 0.0745. The number of para-hydroxylation sites is 1. The first-order chi connectivity index (χ1) is 13.5. The number of hydrogen-bond acceptors (Lipinski definition) is 2. The minimum absolute atomic E-state index is 0.396. The van der Waals surface area contributed by atoms with E-state index in [-0.39, 0.29) is 0 Å². The summed E-state index contributed by atoms with van der Waals surface area (Å²) < 4.78 is 38.6. The highest BCUT2D eigenvalue weighted by molar-refractivity contribution is 5.33. The Balaban J connectivity index is 1.63. The maximum atomic E-state index is 13.6. The van der Waals surface area contributed by atoms with Gasteiger partial charge in [-0.25, -0.2) is 8.78 Å². The third-order valence-electron chi connectivity index (χ3n) is 4.96. The van der Waals surface area contributed by atoms with Crippen LogP contribution in [0, 0.1) is 11.6 Å². The van der Waals surface area contributed by atoms with Gasteiger partial charge < -0.3 is 9.47 Å². The van der Waals surface area contributed by atoms with Crippen molar-refractivity contribution in [2.24, 2.45) is 0 Å². The number of ether oxygens (including phenoxy) is 2. The van der Waals surface area contributed by atoms with Gasteiger partial charge in [0.2, 0.25) is 0 Å². The van der Waals surface area contributed by atoms with Gasteiger partial charge in [-0.05, 0) is 53.9 Å². The van der Waals surface area contributed by atoms with Crippen molar-refractivity contribution in [2.75, 3.05) is 6.61 Å². The van der Waals surface area contributed by atoms with E-state index in [1.807, 2.05) is 68.4 Å². The van der Waals surface area contributed by atoms with E-state index in [0.717, 1.165) is 29.0 Å². The average molecular weight is 382 g/mol. The monoisotopic (exact) mass is 382 g/mol. The van der Waals surface area contributed by atoms with E-state index in [0.29, 0.717) is 13.2 Å². The first-order valence-electron chi connectivity index (χ1n) is 9.35. The number of halogens is 2. The van der Waals surface area contributed by atoms with Gasteiger partial charge in [-0.15, -0.1) is 0 Å². The third-order valence-corrected chi connectivity index (χ3v) is 4.96. The molecule has 0 spiro atoms. The van der Waals surface area contributed by atoms with Gasteiger partial charge in [-0.3, -0.25) is 0 Å². The van der Waals surface area contributed by atoms with Crippen LogP contribution in [0.1, 0.15) is 31.4 Å². The summed E-state index contributed by atoms with van der Waals surface area (Å²) in [5, 5.41) is 0. The fourth-order valence-corrected chi connectivity index (χ4v) is 2.98. The molecule has 0 aromatic heterocycles. The molecule has 0 bridgehead atoms. The van der Waals surface area contributed by atoms with Gasteiger partial charge in [-0.1, -0.05) is 50.2 Å². The second-order valence-corrected chi connectivity index (χ2v) is 7.10. The minimum Gasteiger partial charge on any atom is -0.457 e. The molecular formula is C24H24F2O2. The molecule has 1 unspecified atom stereocenters. The molecule has 1 atom stereocenters. The Morgan fingerprint density at radius 2 is 1.57 bits per heavy atom. The summed E-state index contributed by atoms with van der Waals surface area (Å²) in [5.74, 6) is -0.148. The van der Waals surface area contributed by atoms with Crippen LogP contribution in [0.5, 0.6) is 11.5 Å². The van der Waals surface area contributed by atoms with Gasteiger partial charge >= 0.3 is 0 Å². The van der Waals surface area contributed by atoms with E-state index in [1.165, 1.54) is 12.1 Å². The molecule has 28 heavy (non-hydrogen) atoms. The molecular weight excluding hydrogens is 358 g/mol. The molecule has 0 N–H and O–H groups in total. The van der Waals surface area contributed by atoms with Crippen molar-refractivity contribution in [3.63, 3.8) is 0 Å². The van der Waals surface area contributed by atoms with Gasteiger partial charge in [0.25, 0.3) is 0 Å². The van der Waals surface area contributed by atoms with Crippen LogP contribution >= 0.6 is 0 Å². The fraction of sp³-hybridized carbons (Fsp3) is 0.250. The normalized spacial score (nSPS) is 13.1. The Hall–Kier alpha value is -2.72. The third kappa shape index (κ3) is 4.96. The Morgan fingerprint density at radius 3 is 2.29 bits per heavy atom. The summed E-state index contributed by atoms with van der Waals surface area (Å²) in [7, 11) is 0. The topological polar surface area (TPSA) is 18.5 Å². The summed E-state index contributed by atoms with van der Waals surface area (Å²) in [4.78, 5) is 0. The van der Waals surface area contributed by atoms with Crippen LogP contribution in [0.2, 0.25) is 0 Å². The van der Waals surface area contributed by atoms with Crippen LogP contribution in [0.4, 0.5) is 8.78 Å². The fourth-order valence-electron chi connectivity index (χ4n) is 2.98. The van der Waals surface area contributed by atoms with E-state index in [2.05, 4.69) is 0 Å². The molecule has 3 rings (SSSR count). The van der Waals surface area contributed by atoms with E-state index in [9.17, 15) is 8.78 Å². The SMILES string of the molecule is CCC(C)(COCc1cccc(Oc2ccccc2)c1)c1ccc(F)c(F)c1. The summed E-state index contributed by atoms with van der Waals surface area (Å²) in [6.45, 7) is 4.82. The van der Waals surface area contributed by atoms with E-state index < -0.39 is 17.0 Å². The summed E-state index contributed by atoms with van der Waals surface area (Å²) in [6.07, 6.45) is 0.745. The number of benzene rings is 3. The van der Waals surface area contributed by atoms with E-state index >= 15 is 0 Å². The molecule has 0 aliphatic heterocycles. The van der Waals surface area contributed by atoms with Crippen molar-refractivity contribution in [3.8, 4) is 11.5 Å². The lowest BCUT2D eigenvalue weighted by Crippen LogP contribution is -2.27. The smallest absolute Gasteiger partial charge is 0.159 e. The molecule has 0 aliphatic carbocycles. The summed E-state index contributed by atoms with van der Waals surface area (Å²) >= 11 is 0. The minimum atomic E-state index is -0.835. The van der Waals surface area contributed by atoms with Crippen molar-refractivity contribution < 1.29 is 18.3 Å². The molecule has 0 saturated heterocycles. The van der Waals surface area contributed by atoms with Crippen LogP contribution < -0.4 is 4.74 Å². The maximum Gasteiger partial charge on any atom is 0.159 e. The zero-order valence-corrected chi connectivity index (χ0v) is 16.1. The van der Waals surface area contributed by atoms with Gasteiger partial charge in [-0.2, -0.15) is 0 Å². The lowest BCUT2D eigenvalue weighted by atomic mass is 9.81. The summed E-state index contributed by atoms with van der Waals surface area (Å²) in [5.41, 5.74) is 1.32. The summed E-state index contributed by atoms with van der Waals surface area (Å²) in [6, 6.07) is 21.4. The van der Waals surface area contributed by atoms with Gasteiger partial charge in [0, 0.05) is 5.41 Å². The molecule has 0 radical (unpaired) electrons. The van der Waals surface area contributed by atoms with Crippen LogP contribution in [0.15, 0.2) is 72.8 Å². The molecule has 0 aliphatic rings. The Labute approximate surface area is 164 Å². The van der Waals surface area contributed by atoms with Crippen LogP contribution in [-0.4, -0.2) is 6.61 Å². The average Bonchev–Trinajstić information content (AvgIpc) is 2.71. The van der Waals surface area contributed by atoms with Gasteiger partial charge in [0.15, 0.2) is 11.6 Å². The van der Waals surface area contributed by atoms with E-state index in [1.54, 1.807) is 6.07 Å². The van der Waals surface area contributed by atoms with E-state index in [4.69, 9.17) is 9.47 Å². The maximum absolute atomic E-state index is 13.6.